The molecular weight excluding hydrogens is 284 g/mol. The molecule has 2 saturated heterocycles. The number of hydrogen-bond donors (Lipinski definition) is 1. The monoisotopic (exact) mass is 308 g/mol. The van der Waals surface area contributed by atoms with Crippen LogP contribution in [0, 0.1) is 17.8 Å². The van der Waals surface area contributed by atoms with Gasteiger partial charge in [-0.3, -0.25) is 4.90 Å². The zero-order valence-corrected chi connectivity index (χ0v) is 13.5. The van der Waals surface area contributed by atoms with Crippen LogP contribution in [-0.2, 0) is 4.74 Å². The zero-order valence-electron chi connectivity index (χ0n) is 13.5. The molecule has 2 atom stereocenters. The second-order valence-electron chi connectivity index (χ2n) is 7.05. The molecule has 0 aromatic heterocycles. The maximum Gasteiger partial charge on any atom is 0.410 e. The van der Waals surface area contributed by atoms with Crippen molar-refractivity contribution in [3.63, 3.8) is 0 Å². The van der Waals surface area contributed by atoms with Gasteiger partial charge in [-0.15, -0.1) is 6.42 Å². The Kier molecular flexibility index (Phi) is 4.28. The number of hydrogen-bond acceptors (Lipinski definition) is 3. The van der Waals surface area contributed by atoms with Gasteiger partial charge in [0.1, 0.15) is 11.6 Å². The molecule has 22 heavy (non-hydrogen) atoms. The predicted molar refractivity (Wildman–Crippen MR) is 81.4 cm³/mol. The van der Waals surface area contributed by atoms with Gasteiger partial charge >= 0.3 is 12.2 Å². The smallest absolute Gasteiger partial charge is 0.410 e. The lowest BCUT2D eigenvalue weighted by atomic mass is 9.72. The topological polar surface area (TPSA) is 70.1 Å². The molecular formula is C16H24N2O4. The van der Waals surface area contributed by atoms with E-state index >= 15 is 0 Å². The zero-order chi connectivity index (χ0) is 16.5. The van der Waals surface area contributed by atoms with E-state index in [0.29, 0.717) is 19.5 Å². The molecule has 1 N–H and O–H groups in total. The minimum absolute atomic E-state index is 0.121. The van der Waals surface area contributed by atoms with Gasteiger partial charge in [-0.25, -0.2) is 9.59 Å². The van der Waals surface area contributed by atoms with Gasteiger partial charge in [0, 0.05) is 19.5 Å². The van der Waals surface area contributed by atoms with E-state index in [-0.39, 0.29) is 12.6 Å². The van der Waals surface area contributed by atoms with Crippen molar-refractivity contribution in [3.05, 3.63) is 0 Å². The van der Waals surface area contributed by atoms with Crippen molar-refractivity contribution in [2.45, 2.75) is 51.7 Å². The Hall–Kier alpha value is -1.90. The van der Waals surface area contributed by atoms with E-state index in [1.165, 1.54) is 4.90 Å². The van der Waals surface area contributed by atoms with E-state index in [2.05, 4.69) is 5.92 Å². The van der Waals surface area contributed by atoms with Gasteiger partial charge in [-0.05, 0) is 18.3 Å². The van der Waals surface area contributed by atoms with Gasteiger partial charge in [-0.2, -0.15) is 0 Å². The summed E-state index contributed by atoms with van der Waals surface area (Å²) < 4.78 is 5.51. The molecule has 2 aliphatic rings. The summed E-state index contributed by atoms with van der Waals surface area (Å²) in [5.74, 6) is 2.66. The Morgan fingerprint density at radius 2 is 1.91 bits per heavy atom. The molecule has 0 unspecified atom stereocenters. The van der Waals surface area contributed by atoms with Crippen LogP contribution in [0.4, 0.5) is 9.59 Å². The minimum Gasteiger partial charge on any atom is -0.465 e. The maximum absolute atomic E-state index is 12.1. The molecule has 2 amide bonds. The molecule has 0 aliphatic carbocycles. The number of terminal acetylenes is 1. The number of carbonyl (C=O) groups is 2. The van der Waals surface area contributed by atoms with Crippen molar-refractivity contribution >= 4 is 12.2 Å². The van der Waals surface area contributed by atoms with E-state index in [0.717, 1.165) is 12.8 Å². The van der Waals surface area contributed by atoms with E-state index in [9.17, 15) is 14.7 Å². The normalized spacial score (nSPS) is 28.5. The first kappa shape index (κ1) is 16.5. The molecule has 0 aromatic carbocycles. The first-order valence-electron chi connectivity index (χ1n) is 7.65. The highest BCUT2D eigenvalue weighted by Crippen LogP contribution is 2.44. The number of rotatable bonds is 1. The lowest BCUT2D eigenvalue weighted by Crippen LogP contribution is -2.54. The predicted octanol–water partition coefficient (Wildman–Crippen LogP) is 2.39. The van der Waals surface area contributed by atoms with Gasteiger partial charge < -0.3 is 14.7 Å². The highest BCUT2D eigenvalue weighted by molar-refractivity contribution is 5.70. The van der Waals surface area contributed by atoms with Crippen molar-refractivity contribution < 1.29 is 19.4 Å². The van der Waals surface area contributed by atoms with Crippen LogP contribution < -0.4 is 0 Å². The van der Waals surface area contributed by atoms with Crippen LogP contribution >= 0.6 is 0 Å². The third-order valence-electron chi connectivity index (χ3n) is 4.71. The molecule has 0 saturated carbocycles. The molecule has 2 heterocycles. The number of carboxylic acid groups (broad SMARTS) is 1. The standard InChI is InChI=1S/C16H24N2O4/c1-5-16(15(2,3)4)10-12(11-18(16)13(19)20)22-14(21)17-8-6-7-9-17/h1,12H,6-11H2,2-4H3,(H,19,20)/t12-,16-/m1/s1. The van der Waals surface area contributed by atoms with Gasteiger partial charge in [0.25, 0.3) is 0 Å². The summed E-state index contributed by atoms with van der Waals surface area (Å²) in [6.45, 7) is 7.26. The molecule has 6 nitrogen and oxygen atoms in total. The quantitative estimate of drug-likeness (QED) is 0.755. The maximum atomic E-state index is 12.1. The summed E-state index contributed by atoms with van der Waals surface area (Å²) in [5, 5.41) is 9.49. The first-order chi connectivity index (χ1) is 10.2. The van der Waals surface area contributed by atoms with Crippen molar-refractivity contribution in [2.24, 2.45) is 5.41 Å². The van der Waals surface area contributed by atoms with Crippen LogP contribution in [0.5, 0.6) is 0 Å². The second kappa shape index (κ2) is 5.71. The first-order valence-corrected chi connectivity index (χ1v) is 7.65. The van der Waals surface area contributed by atoms with E-state index < -0.39 is 23.2 Å². The second-order valence-corrected chi connectivity index (χ2v) is 7.05. The summed E-state index contributed by atoms with van der Waals surface area (Å²) >= 11 is 0. The molecule has 0 spiro atoms. The van der Waals surface area contributed by atoms with Gasteiger partial charge in [0.15, 0.2) is 0 Å². The van der Waals surface area contributed by atoms with Gasteiger partial charge in [0.05, 0.1) is 6.54 Å². The van der Waals surface area contributed by atoms with Crippen LogP contribution in [0.2, 0.25) is 0 Å². The summed E-state index contributed by atoms with van der Waals surface area (Å²) in [7, 11) is 0. The average Bonchev–Trinajstić information content (AvgIpc) is 3.05. The van der Waals surface area contributed by atoms with Crippen LogP contribution in [0.25, 0.3) is 0 Å². The molecule has 0 radical (unpaired) electrons. The molecule has 122 valence electrons. The number of amides is 2. The summed E-state index contributed by atoms with van der Waals surface area (Å²) in [5.41, 5.74) is -1.41. The fraction of sp³-hybridized carbons (Fsp3) is 0.750. The molecule has 2 rings (SSSR count). The van der Waals surface area contributed by atoms with Crippen LogP contribution in [0.3, 0.4) is 0 Å². The SMILES string of the molecule is C#C[C@]1(C(C)(C)C)C[C@@H](OC(=O)N2CCCC2)CN1C(=O)O. The third kappa shape index (κ3) is 2.72. The largest absolute Gasteiger partial charge is 0.465 e. The number of nitrogens with zero attached hydrogens (tertiary/aromatic N) is 2. The Morgan fingerprint density at radius 3 is 2.32 bits per heavy atom. The van der Waals surface area contributed by atoms with Crippen LogP contribution in [0.1, 0.15) is 40.0 Å². The van der Waals surface area contributed by atoms with E-state index in [1.54, 1.807) is 4.90 Å². The fourth-order valence-corrected chi connectivity index (χ4v) is 3.37. The molecule has 2 aliphatic heterocycles. The number of ether oxygens (including phenoxy) is 1. The summed E-state index contributed by atoms with van der Waals surface area (Å²) in [4.78, 5) is 26.6. The average molecular weight is 308 g/mol. The fourth-order valence-electron chi connectivity index (χ4n) is 3.37. The van der Waals surface area contributed by atoms with Crippen molar-refractivity contribution in [3.8, 4) is 12.3 Å². The van der Waals surface area contributed by atoms with Crippen LogP contribution in [0.15, 0.2) is 0 Å². The Bertz CT molecular complexity index is 499. The van der Waals surface area contributed by atoms with E-state index in [1.807, 2.05) is 20.8 Å². The number of carbonyl (C=O) groups excluding carboxylic acids is 1. The van der Waals surface area contributed by atoms with Crippen molar-refractivity contribution in [1.29, 1.82) is 0 Å². The van der Waals surface area contributed by atoms with E-state index in [4.69, 9.17) is 11.2 Å². The van der Waals surface area contributed by atoms with Crippen molar-refractivity contribution in [1.82, 2.24) is 9.80 Å². The molecule has 2 fully saturated rings. The molecule has 6 heteroatoms. The lowest BCUT2D eigenvalue weighted by molar-refractivity contribution is 0.0701. The Morgan fingerprint density at radius 1 is 1.32 bits per heavy atom. The van der Waals surface area contributed by atoms with Gasteiger partial charge in [-0.1, -0.05) is 26.7 Å². The summed E-state index contributed by atoms with van der Waals surface area (Å²) in [6, 6.07) is 0. The minimum atomic E-state index is -1.08. The Labute approximate surface area is 131 Å². The molecule has 0 aromatic rings. The Balaban J connectivity index is 2.15. The summed E-state index contributed by atoms with van der Waals surface area (Å²) in [6.07, 6.45) is 6.05. The highest BCUT2D eigenvalue weighted by atomic mass is 16.6. The molecule has 0 bridgehead atoms. The number of likely N-dealkylation sites (tertiary alicyclic amines) is 2. The third-order valence-corrected chi connectivity index (χ3v) is 4.71. The van der Waals surface area contributed by atoms with Crippen molar-refractivity contribution in [2.75, 3.05) is 19.6 Å². The van der Waals surface area contributed by atoms with Crippen LogP contribution in [-0.4, -0.2) is 58.4 Å². The van der Waals surface area contributed by atoms with Gasteiger partial charge in [0.2, 0.25) is 0 Å². The lowest BCUT2D eigenvalue weighted by Gasteiger charge is -2.42. The highest BCUT2D eigenvalue weighted by Gasteiger charge is 2.55.